The van der Waals surface area contributed by atoms with E-state index in [4.69, 9.17) is 44.8 Å². The van der Waals surface area contributed by atoms with Crippen LogP contribution in [0.25, 0.3) is 0 Å². The van der Waals surface area contributed by atoms with Gasteiger partial charge in [0.15, 0.2) is 11.7 Å². The Balaban J connectivity index is 1.86. The Morgan fingerprint density at radius 3 is 2.00 bits per heavy atom. The Morgan fingerprint density at radius 1 is 0.952 bits per heavy atom. The summed E-state index contributed by atoms with van der Waals surface area (Å²) in [5, 5.41) is -0.955. The van der Waals surface area contributed by atoms with Crippen LogP contribution in [0.4, 0.5) is 0 Å². The fourth-order valence-corrected chi connectivity index (χ4v) is 9.66. The van der Waals surface area contributed by atoms with Crippen LogP contribution in [0.2, 0.25) is 0 Å². The SMILES string of the molecule is C=C1C(Cl)C2OC(=O)C(C)C23OC1C(I)C(OC(C)=O)C1(C)C(OC(C)=O)CC(OC(C)=O)C2(CO2)C1C3OC(C)=O. The van der Waals surface area contributed by atoms with E-state index in [1.807, 2.05) is 0 Å². The number of fused-ring (bicyclic) bond motifs is 3. The molecule has 4 aliphatic heterocycles. The molecule has 5 fully saturated rings. The molecule has 1 aliphatic carbocycles. The zero-order valence-corrected chi connectivity index (χ0v) is 27.0. The summed E-state index contributed by atoms with van der Waals surface area (Å²) in [4.78, 5) is 63.7. The number of carbonyl (C=O) groups is 5. The highest BCUT2D eigenvalue weighted by atomic mass is 127. The van der Waals surface area contributed by atoms with E-state index in [0.717, 1.165) is 0 Å². The van der Waals surface area contributed by atoms with E-state index < -0.39 is 104 Å². The first-order valence-electron chi connectivity index (χ1n) is 13.7. The highest BCUT2D eigenvalue weighted by Crippen LogP contribution is 2.66. The van der Waals surface area contributed by atoms with Crippen LogP contribution in [0, 0.1) is 17.3 Å². The topological polar surface area (TPSA) is 153 Å². The molecule has 14 heteroatoms. The minimum atomic E-state index is -1.66. The molecule has 2 spiro atoms. The first kappa shape index (κ1) is 31.5. The fourth-order valence-electron chi connectivity index (χ4n) is 7.76. The molecule has 42 heavy (non-hydrogen) atoms. The van der Waals surface area contributed by atoms with Crippen LogP contribution < -0.4 is 0 Å². The second-order valence-corrected chi connectivity index (χ2v) is 13.9. The quantitative estimate of drug-likeness (QED) is 0.104. The first-order valence-corrected chi connectivity index (χ1v) is 15.4. The zero-order valence-electron chi connectivity index (χ0n) is 24.0. The van der Waals surface area contributed by atoms with Crippen molar-refractivity contribution in [1.29, 1.82) is 0 Å². The molecule has 12 nitrogen and oxygen atoms in total. The summed E-state index contributed by atoms with van der Waals surface area (Å²) < 4.78 is 41.9. The summed E-state index contributed by atoms with van der Waals surface area (Å²) in [5.41, 5.74) is -3.91. The molecule has 1 saturated carbocycles. The minimum Gasteiger partial charge on any atom is -0.462 e. The van der Waals surface area contributed by atoms with Crippen molar-refractivity contribution in [2.24, 2.45) is 17.3 Å². The van der Waals surface area contributed by atoms with Crippen molar-refractivity contribution in [2.45, 2.75) is 105 Å². The van der Waals surface area contributed by atoms with E-state index in [0.29, 0.717) is 5.57 Å². The van der Waals surface area contributed by atoms with Gasteiger partial charge in [-0.1, -0.05) is 36.1 Å². The molecule has 0 radical (unpaired) electrons. The van der Waals surface area contributed by atoms with Crippen molar-refractivity contribution in [3.8, 4) is 0 Å². The Kier molecular flexibility index (Phi) is 7.93. The molecule has 13 atom stereocenters. The Morgan fingerprint density at radius 2 is 1.48 bits per heavy atom. The number of halogens is 2. The van der Waals surface area contributed by atoms with Gasteiger partial charge < -0.3 is 33.2 Å². The highest BCUT2D eigenvalue weighted by Gasteiger charge is 2.82. The van der Waals surface area contributed by atoms with E-state index in [2.05, 4.69) is 29.2 Å². The number of esters is 5. The fraction of sp³-hybridized carbons (Fsp3) is 0.750. The van der Waals surface area contributed by atoms with Crippen molar-refractivity contribution in [1.82, 2.24) is 0 Å². The molecule has 0 amide bonds. The number of ether oxygens (including phenoxy) is 7. The summed E-state index contributed by atoms with van der Waals surface area (Å²) >= 11 is 9.05. The lowest BCUT2D eigenvalue weighted by molar-refractivity contribution is -0.293. The second-order valence-electron chi connectivity index (χ2n) is 12.0. The predicted molar refractivity (Wildman–Crippen MR) is 150 cm³/mol. The minimum absolute atomic E-state index is 0.00604. The number of alkyl halides is 2. The second kappa shape index (κ2) is 10.6. The predicted octanol–water partition coefficient (Wildman–Crippen LogP) is 2.19. The van der Waals surface area contributed by atoms with Crippen molar-refractivity contribution in [3.05, 3.63) is 12.2 Å². The van der Waals surface area contributed by atoms with E-state index in [-0.39, 0.29) is 13.0 Å². The van der Waals surface area contributed by atoms with Gasteiger partial charge in [0.1, 0.15) is 30.0 Å². The van der Waals surface area contributed by atoms with Crippen LogP contribution in [0.15, 0.2) is 12.2 Å². The molecule has 4 saturated heterocycles. The van der Waals surface area contributed by atoms with Crippen molar-refractivity contribution >= 4 is 64.0 Å². The van der Waals surface area contributed by atoms with Crippen LogP contribution in [-0.4, -0.2) is 93.6 Å². The van der Waals surface area contributed by atoms with Gasteiger partial charge in [-0.05, 0) is 12.5 Å². The Hall–Kier alpha value is -1.97. The van der Waals surface area contributed by atoms with Crippen LogP contribution in [0.5, 0.6) is 0 Å². The standard InChI is InChI=1S/C28H34ClIO12/c1-10-18(29)22-28(11(2)25(35)41-22)24(40-15(6)34)21-26(7,23(39-14(5)33)19(30)20(10)42-28)16(37-12(3)31)8-17(38-13(4)32)27(21)9-36-27/h11,16-24H,1,8-9H2,2-7H3. The lowest BCUT2D eigenvalue weighted by Gasteiger charge is -2.63. The molecule has 13 unspecified atom stereocenters. The van der Waals surface area contributed by atoms with E-state index in [1.54, 1.807) is 13.8 Å². The number of carbonyl (C=O) groups excluding carboxylic acids is 5. The first-order chi connectivity index (χ1) is 19.5. The molecule has 5 aliphatic rings. The van der Waals surface area contributed by atoms with Gasteiger partial charge in [-0.25, -0.2) is 0 Å². The monoisotopic (exact) mass is 724 g/mol. The lowest BCUT2D eigenvalue weighted by Crippen LogP contribution is -2.78. The summed E-state index contributed by atoms with van der Waals surface area (Å²) in [5.74, 6) is -5.18. The maximum Gasteiger partial charge on any atom is 0.312 e. The van der Waals surface area contributed by atoms with E-state index in [1.165, 1.54) is 27.7 Å². The van der Waals surface area contributed by atoms with Gasteiger partial charge in [-0.3, -0.25) is 24.0 Å². The molecule has 2 bridgehead atoms. The van der Waals surface area contributed by atoms with Gasteiger partial charge >= 0.3 is 29.8 Å². The van der Waals surface area contributed by atoms with Crippen LogP contribution >= 0.6 is 34.2 Å². The average molecular weight is 725 g/mol. The van der Waals surface area contributed by atoms with Crippen LogP contribution in [0.3, 0.4) is 0 Å². The molecule has 0 N–H and O–H groups in total. The van der Waals surface area contributed by atoms with E-state index >= 15 is 0 Å². The molecular formula is C28H34ClIO12. The van der Waals surface area contributed by atoms with Gasteiger partial charge in [-0.15, -0.1) is 11.6 Å². The average Bonchev–Trinajstić information content (AvgIpc) is 3.62. The number of hydrogen-bond acceptors (Lipinski definition) is 12. The van der Waals surface area contributed by atoms with E-state index in [9.17, 15) is 24.0 Å². The maximum absolute atomic E-state index is 13.3. The van der Waals surface area contributed by atoms with Crippen LogP contribution in [0.1, 0.15) is 48.0 Å². The number of rotatable bonds is 4. The Bertz CT molecular complexity index is 1240. The third-order valence-corrected chi connectivity index (χ3v) is 11.3. The highest BCUT2D eigenvalue weighted by molar-refractivity contribution is 14.1. The number of hydrogen-bond donors (Lipinski definition) is 0. The third-order valence-electron chi connectivity index (χ3n) is 9.52. The van der Waals surface area contributed by atoms with Crippen molar-refractivity contribution in [3.63, 3.8) is 0 Å². The lowest BCUT2D eigenvalue weighted by atomic mass is 9.50. The molecule has 0 aromatic carbocycles. The van der Waals surface area contributed by atoms with Gasteiger partial charge in [-0.2, -0.15) is 0 Å². The van der Waals surface area contributed by atoms with Crippen molar-refractivity contribution in [2.75, 3.05) is 6.61 Å². The van der Waals surface area contributed by atoms with Gasteiger partial charge in [0.25, 0.3) is 0 Å². The number of epoxide rings is 1. The van der Waals surface area contributed by atoms with Crippen molar-refractivity contribution < 1.29 is 57.1 Å². The third kappa shape index (κ3) is 4.47. The van der Waals surface area contributed by atoms with Crippen LogP contribution in [-0.2, 0) is 57.1 Å². The van der Waals surface area contributed by atoms with Gasteiger partial charge in [0.05, 0.1) is 33.3 Å². The largest absolute Gasteiger partial charge is 0.462 e. The zero-order chi connectivity index (χ0) is 31.1. The van der Waals surface area contributed by atoms with Gasteiger partial charge in [0, 0.05) is 40.0 Å². The summed E-state index contributed by atoms with van der Waals surface area (Å²) in [6.07, 6.45) is -6.37. The summed E-state index contributed by atoms with van der Waals surface area (Å²) in [6, 6.07) is 0. The van der Waals surface area contributed by atoms with Gasteiger partial charge in [0.2, 0.25) is 0 Å². The molecule has 5 rings (SSSR count). The smallest absolute Gasteiger partial charge is 0.312 e. The maximum atomic E-state index is 13.3. The molecule has 0 aromatic rings. The Labute approximate surface area is 261 Å². The molecular weight excluding hydrogens is 691 g/mol. The normalized spacial score (nSPS) is 47.1. The molecule has 0 aromatic heterocycles. The molecule has 232 valence electrons. The summed E-state index contributed by atoms with van der Waals surface area (Å²) in [6.45, 7) is 12.5. The summed E-state index contributed by atoms with van der Waals surface area (Å²) in [7, 11) is 0. The molecule has 4 heterocycles.